The van der Waals surface area contributed by atoms with Crippen molar-refractivity contribution in [1.82, 2.24) is 0 Å². The van der Waals surface area contributed by atoms with Crippen molar-refractivity contribution < 1.29 is 9.47 Å². The number of rotatable bonds is 6. The molecule has 0 aliphatic rings. The molecule has 2 rings (SSSR count). The van der Waals surface area contributed by atoms with Crippen LogP contribution in [0.2, 0.25) is 0 Å². The minimum atomic E-state index is -0.402. The van der Waals surface area contributed by atoms with Crippen molar-refractivity contribution in [3.05, 3.63) is 48.0 Å². The van der Waals surface area contributed by atoms with Gasteiger partial charge in [0.2, 0.25) is 0 Å². The highest BCUT2D eigenvalue weighted by molar-refractivity contribution is 5.86. The summed E-state index contributed by atoms with van der Waals surface area (Å²) in [5, 5.41) is 2.34. The summed E-state index contributed by atoms with van der Waals surface area (Å²) in [6, 6.07) is 14.1. The molecule has 1 atom stereocenters. The third kappa shape index (κ3) is 3.13. The molecule has 0 amide bonds. The van der Waals surface area contributed by atoms with Gasteiger partial charge in [0.25, 0.3) is 0 Å². The Kier molecular flexibility index (Phi) is 4.91. The van der Waals surface area contributed by atoms with E-state index in [1.807, 2.05) is 38.1 Å². The molecule has 0 radical (unpaired) electrons. The second-order valence-corrected chi connectivity index (χ2v) is 4.37. The summed E-state index contributed by atoms with van der Waals surface area (Å²) in [6.07, 6.45) is -0.402. The maximum absolute atomic E-state index is 6.33. The van der Waals surface area contributed by atoms with Gasteiger partial charge in [-0.2, -0.15) is 0 Å². The van der Waals surface area contributed by atoms with Gasteiger partial charge < -0.3 is 15.2 Å². The molecule has 2 aromatic rings. The molecular weight excluding hydrogens is 238 g/mol. The van der Waals surface area contributed by atoms with E-state index in [4.69, 9.17) is 15.2 Å². The van der Waals surface area contributed by atoms with Gasteiger partial charge >= 0.3 is 0 Å². The van der Waals surface area contributed by atoms with Crippen LogP contribution < -0.4 is 5.73 Å². The molecule has 0 bridgehead atoms. The third-order valence-electron chi connectivity index (χ3n) is 3.14. The lowest BCUT2D eigenvalue weighted by Gasteiger charge is -2.24. The van der Waals surface area contributed by atoms with Crippen LogP contribution in [0.4, 0.5) is 0 Å². The lowest BCUT2D eigenvalue weighted by molar-refractivity contribution is -0.149. The van der Waals surface area contributed by atoms with Crippen LogP contribution in [0.5, 0.6) is 0 Å². The first-order valence-electron chi connectivity index (χ1n) is 6.74. The number of fused-ring (bicyclic) bond motifs is 1. The summed E-state index contributed by atoms with van der Waals surface area (Å²) in [6.45, 7) is 5.07. The van der Waals surface area contributed by atoms with Crippen LogP contribution in [0, 0.1) is 0 Å². The summed E-state index contributed by atoms with van der Waals surface area (Å²) in [4.78, 5) is 0. The minimum Gasteiger partial charge on any atom is -0.351 e. The molecule has 0 aliphatic carbocycles. The molecule has 2 aromatic carbocycles. The van der Waals surface area contributed by atoms with E-state index >= 15 is 0 Å². The quantitative estimate of drug-likeness (QED) is 0.810. The lowest BCUT2D eigenvalue weighted by atomic mass is 9.99. The summed E-state index contributed by atoms with van der Waals surface area (Å²) in [5.41, 5.74) is 7.39. The molecule has 2 N–H and O–H groups in total. The molecule has 3 heteroatoms. The van der Waals surface area contributed by atoms with E-state index < -0.39 is 6.29 Å². The molecule has 0 saturated carbocycles. The smallest absolute Gasteiger partial charge is 0.176 e. The van der Waals surface area contributed by atoms with Gasteiger partial charge in [-0.1, -0.05) is 42.5 Å². The van der Waals surface area contributed by atoms with Crippen molar-refractivity contribution in [2.24, 2.45) is 5.73 Å². The fourth-order valence-corrected chi connectivity index (χ4v) is 2.27. The maximum Gasteiger partial charge on any atom is 0.176 e. The molecule has 0 fully saturated rings. The number of nitrogens with two attached hydrogens (primary N) is 1. The molecule has 3 nitrogen and oxygen atoms in total. The van der Waals surface area contributed by atoms with Crippen LogP contribution in [-0.4, -0.2) is 19.5 Å². The summed E-state index contributed by atoms with van der Waals surface area (Å²) < 4.78 is 11.2. The van der Waals surface area contributed by atoms with E-state index in [-0.39, 0.29) is 6.04 Å². The summed E-state index contributed by atoms with van der Waals surface area (Å²) in [7, 11) is 0. The Labute approximate surface area is 114 Å². The third-order valence-corrected chi connectivity index (χ3v) is 3.14. The number of benzene rings is 2. The number of hydrogen-bond acceptors (Lipinski definition) is 3. The molecule has 1 unspecified atom stereocenters. The summed E-state index contributed by atoms with van der Waals surface area (Å²) >= 11 is 0. The minimum absolute atomic E-state index is 0.286. The van der Waals surface area contributed by atoms with Crippen molar-refractivity contribution in [3.63, 3.8) is 0 Å². The van der Waals surface area contributed by atoms with Crippen LogP contribution in [-0.2, 0) is 9.47 Å². The predicted octanol–water partition coefficient (Wildman–Crippen LogP) is 3.24. The van der Waals surface area contributed by atoms with E-state index in [1.54, 1.807) is 0 Å². The van der Waals surface area contributed by atoms with Crippen LogP contribution in [0.15, 0.2) is 42.5 Å². The van der Waals surface area contributed by atoms with Gasteiger partial charge in [0.05, 0.1) is 6.04 Å². The average Bonchev–Trinajstić information content (AvgIpc) is 2.46. The van der Waals surface area contributed by atoms with E-state index in [0.717, 1.165) is 10.9 Å². The first-order chi connectivity index (χ1) is 9.27. The van der Waals surface area contributed by atoms with Gasteiger partial charge in [-0.15, -0.1) is 0 Å². The zero-order valence-electron chi connectivity index (χ0n) is 11.5. The monoisotopic (exact) mass is 259 g/mol. The Hall–Kier alpha value is -1.42. The second kappa shape index (κ2) is 6.66. The number of hydrogen-bond donors (Lipinski definition) is 1. The van der Waals surface area contributed by atoms with Gasteiger partial charge in [0.15, 0.2) is 6.29 Å². The fourth-order valence-electron chi connectivity index (χ4n) is 2.27. The Balaban J connectivity index is 2.36. The zero-order valence-corrected chi connectivity index (χ0v) is 11.5. The predicted molar refractivity (Wildman–Crippen MR) is 77.9 cm³/mol. The average molecular weight is 259 g/mol. The molecular formula is C16H21NO2. The van der Waals surface area contributed by atoms with Crippen molar-refractivity contribution in [3.8, 4) is 0 Å². The van der Waals surface area contributed by atoms with Crippen molar-refractivity contribution >= 4 is 10.8 Å². The van der Waals surface area contributed by atoms with E-state index in [9.17, 15) is 0 Å². The van der Waals surface area contributed by atoms with Gasteiger partial charge in [-0.25, -0.2) is 0 Å². The van der Waals surface area contributed by atoms with Crippen LogP contribution in [0.3, 0.4) is 0 Å². The SMILES string of the molecule is CCOC(OCC)C(N)c1cccc2ccccc12. The molecule has 102 valence electrons. The Morgan fingerprint density at radius 2 is 1.58 bits per heavy atom. The molecule has 19 heavy (non-hydrogen) atoms. The zero-order chi connectivity index (χ0) is 13.7. The van der Waals surface area contributed by atoms with Crippen LogP contribution >= 0.6 is 0 Å². The Bertz CT molecular complexity index is 516. The first kappa shape index (κ1) is 14.0. The lowest BCUT2D eigenvalue weighted by Crippen LogP contribution is -2.31. The van der Waals surface area contributed by atoms with Crippen molar-refractivity contribution in [1.29, 1.82) is 0 Å². The molecule has 0 spiro atoms. The van der Waals surface area contributed by atoms with Crippen LogP contribution in [0.25, 0.3) is 10.8 Å². The van der Waals surface area contributed by atoms with E-state index in [0.29, 0.717) is 13.2 Å². The van der Waals surface area contributed by atoms with Crippen molar-refractivity contribution in [2.75, 3.05) is 13.2 Å². The normalized spacial score (nSPS) is 13.1. The topological polar surface area (TPSA) is 44.5 Å². The van der Waals surface area contributed by atoms with Gasteiger partial charge in [-0.3, -0.25) is 0 Å². The van der Waals surface area contributed by atoms with Gasteiger partial charge in [0.1, 0.15) is 0 Å². The highest BCUT2D eigenvalue weighted by atomic mass is 16.7. The highest BCUT2D eigenvalue weighted by Gasteiger charge is 2.21. The van der Waals surface area contributed by atoms with Crippen molar-refractivity contribution in [2.45, 2.75) is 26.2 Å². The summed E-state index contributed by atoms with van der Waals surface area (Å²) in [5.74, 6) is 0. The Morgan fingerprint density at radius 3 is 2.26 bits per heavy atom. The van der Waals surface area contributed by atoms with E-state index in [1.165, 1.54) is 5.39 Å². The van der Waals surface area contributed by atoms with Gasteiger partial charge in [-0.05, 0) is 30.2 Å². The molecule has 0 heterocycles. The van der Waals surface area contributed by atoms with E-state index in [2.05, 4.69) is 18.2 Å². The second-order valence-electron chi connectivity index (χ2n) is 4.37. The molecule has 0 saturated heterocycles. The largest absolute Gasteiger partial charge is 0.351 e. The van der Waals surface area contributed by atoms with Gasteiger partial charge in [0, 0.05) is 13.2 Å². The highest BCUT2D eigenvalue weighted by Crippen LogP contribution is 2.26. The standard InChI is InChI=1S/C16H21NO2/c1-3-18-16(19-4-2)15(17)14-11-7-9-12-8-5-6-10-13(12)14/h5-11,15-16H,3-4,17H2,1-2H3. The Morgan fingerprint density at radius 1 is 0.947 bits per heavy atom. The maximum atomic E-state index is 6.33. The van der Waals surface area contributed by atoms with Crippen LogP contribution in [0.1, 0.15) is 25.5 Å². The molecule has 0 aromatic heterocycles. The fraction of sp³-hybridized carbons (Fsp3) is 0.375. The number of ether oxygens (including phenoxy) is 2. The molecule has 0 aliphatic heterocycles. The first-order valence-corrected chi connectivity index (χ1v) is 6.74.